The molecule has 1 aromatic carbocycles. The number of nitrogens with zero attached hydrogens (tertiary/aromatic N) is 2. The van der Waals surface area contributed by atoms with E-state index in [4.69, 9.17) is 9.47 Å². The average Bonchev–Trinajstić information content (AvgIpc) is 3.14. The van der Waals surface area contributed by atoms with Gasteiger partial charge in [0.15, 0.2) is 12.1 Å². The number of halogens is 2. The number of hydrogen-bond acceptors (Lipinski definition) is 6. The molecule has 3 aromatic rings. The van der Waals surface area contributed by atoms with Gasteiger partial charge in [0.25, 0.3) is 11.8 Å². The molecule has 0 saturated carbocycles. The lowest BCUT2D eigenvalue weighted by atomic mass is 10.1. The second-order valence-corrected chi connectivity index (χ2v) is 7.91. The molecule has 1 aliphatic rings. The molecule has 35 heavy (non-hydrogen) atoms. The van der Waals surface area contributed by atoms with Crippen molar-refractivity contribution in [3.05, 3.63) is 89.7 Å². The van der Waals surface area contributed by atoms with Gasteiger partial charge < -0.3 is 25.1 Å². The third-order valence-corrected chi connectivity index (χ3v) is 5.28. The number of benzene rings is 1. The first-order valence-electron chi connectivity index (χ1n) is 10.9. The summed E-state index contributed by atoms with van der Waals surface area (Å²) in [5.41, 5.74) is 1.87. The van der Waals surface area contributed by atoms with Crippen molar-refractivity contribution in [2.75, 3.05) is 14.2 Å². The molecular formula is C25H25F2N5O3. The summed E-state index contributed by atoms with van der Waals surface area (Å²) in [6.07, 6.45) is 9.58. The van der Waals surface area contributed by atoms with Crippen LogP contribution in [0.4, 0.5) is 8.78 Å². The van der Waals surface area contributed by atoms with Crippen LogP contribution in [-0.4, -0.2) is 41.1 Å². The summed E-state index contributed by atoms with van der Waals surface area (Å²) < 4.78 is 39.0. The topological polar surface area (TPSA) is 101 Å². The molecule has 2 unspecified atom stereocenters. The van der Waals surface area contributed by atoms with Gasteiger partial charge in [-0.3, -0.25) is 9.78 Å². The molecule has 0 fully saturated rings. The number of amides is 1. The lowest BCUT2D eigenvalue weighted by Gasteiger charge is -2.18. The first-order chi connectivity index (χ1) is 16.8. The number of nitrogens with one attached hydrogen (secondary N) is 3. The van der Waals surface area contributed by atoms with Crippen LogP contribution in [-0.2, 0) is 10.7 Å². The van der Waals surface area contributed by atoms with E-state index in [0.29, 0.717) is 28.3 Å². The van der Waals surface area contributed by atoms with Crippen LogP contribution in [0.15, 0.2) is 72.6 Å². The molecular weight excluding hydrogens is 456 g/mol. The van der Waals surface area contributed by atoms with E-state index in [2.05, 4.69) is 25.6 Å². The number of H-pyrrole nitrogens is 1. The highest BCUT2D eigenvalue weighted by Gasteiger charge is 2.25. The van der Waals surface area contributed by atoms with Crippen LogP contribution < -0.4 is 15.4 Å². The van der Waals surface area contributed by atoms with E-state index in [1.54, 1.807) is 18.2 Å². The number of aromatic amines is 1. The Bertz CT molecular complexity index is 1310. The highest BCUT2D eigenvalue weighted by atomic mass is 19.3. The predicted molar refractivity (Wildman–Crippen MR) is 127 cm³/mol. The van der Waals surface area contributed by atoms with Gasteiger partial charge >= 0.3 is 0 Å². The summed E-state index contributed by atoms with van der Waals surface area (Å²) >= 11 is 0. The molecule has 2 aromatic heterocycles. The maximum atomic E-state index is 13.7. The lowest BCUT2D eigenvalue weighted by Crippen LogP contribution is -2.24. The van der Waals surface area contributed by atoms with Crippen molar-refractivity contribution < 1.29 is 23.0 Å². The number of rotatable bonds is 8. The Morgan fingerprint density at radius 1 is 1.23 bits per heavy atom. The summed E-state index contributed by atoms with van der Waals surface area (Å²) in [4.78, 5) is 23.4. The quantitative estimate of drug-likeness (QED) is 0.419. The number of alkyl halides is 2. The number of imidazole rings is 1. The molecule has 1 aliphatic carbocycles. The summed E-state index contributed by atoms with van der Waals surface area (Å²) in [5, 5.41) is 5.77. The first kappa shape index (κ1) is 24.1. The molecule has 8 nitrogen and oxygen atoms in total. The Hall–Kier alpha value is -4.05. The number of aromatic nitrogens is 3. The normalized spacial score (nSPS) is 16.5. The monoisotopic (exact) mass is 481 g/mol. The van der Waals surface area contributed by atoms with Crippen molar-refractivity contribution in [3.8, 4) is 5.75 Å². The maximum Gasteiger partial charge on any atom is 0.270 e. The minimum atomic E-state index is -2.95. The number of pyridine rings is 1. The number of methoxy groups -OCH3 is 1. The number of hydrogen-bond donors (Lipinski definition) is 3. The first-order valence-corrected chi connectivity index (χ1v) is 10.9. The summed E-state index contributed by atoms with van der Waals surface area (Å²) in [5.74, 6) is -2.34. The van der Waals surface area contributed by atoms with Gasteiger partial charge in [-0.05, 0) is 36.4 Å². The van der Waals surface area contributed by atoms with Crippen LogP contribution in [0.1, 0.15) is 35.0 Å². The van der Waals surface area contributed by atoms with E-state index >= 15 is 0 Å². The molecule has 0 spiro atoms. The molecule has 0 saturated heterocycles. The lowest BCUT2D eigenvalue weighted by molar-refractivity contribution is 0.0176. The zero-order valence-corrected chi connectivity index (χ0v) is 19.4. The molecule has 3 N–H and O–H groups in total. The van der Waals surface area contributed by atoms with Gasteiger partial charge in [-0.25, -0.2) is 13.8 Å². The van der Waals surface area contributed by atoms with Crippen molar-refractivity contribution in [2.24, 2.45) is 0 Å². The van der Waals surface area contributed by atoms with Crippen molar-refractivity contribution in [2.45, 2.75) is 25.2 Å². The van der Waals surface area contributed by atoms with Crippen molar-refractivity contribution in [3.63, 3.8) is 0 Å². The van der Waals surface area contributed by atoms with Crippen molar-refractivity contribution >= 4 is 16.9 Å². The van der Waals surface area contributed by atoms with Gasteiger partial charge in [-0.2, -0.15) is 0 Å². The SMILES string of the molecule is CNC(=O)c1cc(OC2C=CC=CC(NC(OC)c3nc4ccc(C(C)(F)F)cc4[nH]3)=C2)ccn1. The van der Waals surface area contributed by atoms with Crippen LogP contribution in [0, 0.1) is 0 Å². The molecule has 4 rings (SSSR count). The highest BCUT2D eigenvalue weighted by molar-refractivity contribution is 5.92. The molecule has 0 bridgehead atoms. The maximum absolute atomic E-state index is 13.7. The van der Waals surface area contributed by atoms with Gasteiger partial charge in [-0.15, -0.1) is 0 Å². The fraction of sp³-hybridized carbons (Fsp3) is 0.240. The van der Waals surface area contributed by atoms with Crippen LogP contribution in [0.25, 0.3) is 11.0 Å². The standard InChI is InChI=1S/C25H25F2N5O3/c1-25(26,27)15-8-9-19-20(12-15)32-22(31-19)24(34-3)30-16-6-4-5-7-17(13-16)35-18-10-11-29-21(14-18)23(33)28-2/h4-14,17,24,30H,1-3H3,(H,28,33)(H,31,32). The number of allylic oxidation sites excluding steroid dienone is 3. The predicted octanol–water partition coefficient (Wildman–Crippen LogP) is 4.12. The van der Waals surface area contributed by atoms with Crippen LogP contribution in [0.2, 0.25) is 0 Å². The largest absolute Gasteiger partial charge is 0.482 e. The van der Waals surface area contributed by atoms with E-state index in [1.807, 2.05) is 30.4 Å². The molecule has 182 valence electrons. The Morgan fingerprint density at radius 3 is 2.80 bits per heavy atom. The molecule has 1 amide bonds. The smallest absolute Gasteiger partial charge is 0.270 e. The van der Waals surface area contributed by atoms with Crippen LogP contribution >= 0.6 is 0 Å². The molecule has 0 radical (unpaired) electrons. The molecule has 0 aliphatic heterocycles. The summed E-state index contributed by atoms with van der Waals surface area (Å²) in [6.45, 7) is 0.855. The van der Waals surface area contributed by atoms with Gasteiger partial charge in [0, 0.05) is 44.6 Å². The van der Waals surface area contributed by atoms with E-state index in [0.717, 1.165) is 6.92 Å². The minimum Gasteiger partial charge on any atom is -0.482 e. The van der Waals surface area contributed by atoms with Gasteiger partial charge in [0.05, 0.1) is 11.0 Å². The van der Waals surface area contributed by atoms with Gasteiger partial charge in [0.1, 0.15) is 17.5 Å². The number of carbonyl (C=O) groups excluding carboxylic acids is 1. The number of carbonyl (C=O) groups is 1. The third-order valence-electron chi connectivity index (χ3n) is 5.28. The Balaban J connectivity index is 1.53. The summed E-state index contributed by atoms with van der Waals surface area (Å²) in [6, 6.07) is 7.53. The summed E-state index contributed by atoms with van der Waals surface area (Å²) in [7, 11) is 3.05. The molecule has 10 heteroatoms. The zero-order chi connectivity index (χ0) is 25.0. The Kier molecular flexibility index (Phi) is 6.92. The van der Waals surface area contributed by atoms with E-state index in [1.165, 1.54) is 32.5 Å². The van der Waals surface area contributed by atoms with Gasteiger partial charge in [0.2, 0.25) is 0 Å². The Labute approximate surface area is 200 Å². The van der Waals surface area contributed by atoms with E-state index < -0.39 is 18.3 Å². The van der Waals surface area contributed by atoms with E-state index in [-0.39, 0.29) is 17.2 Å². The van der Waals surface area contributed by atoms with Crippen molar-refractivity contribution in [1.29, 1.82) is 0 Å². The van der Waals surface area contributed by atoms with E-state index in [9.17, 15) is 13.6 Å². The highest BCUT2D eigenvalue weighted by Crippen LogP contribution is 2.29. The fourth-order valence-corrected chi connectivity index (χ4v) is 3.50. The van der Waals surface area contributed by atoms with Gasteiger partial charge in [-0.1, -0.05) is 18.2 Å². The number of ether oxygens (including phenoxy) is 2. The average molecular weight is 482 g/mol. The third kappa shape index (κ3) is 5.72. The second kappa shape index (κ2) is 10.1. The minimum absolute atomic E-state index is 0.0988. The molecule has 2 heterocycles. The van der Waals surface area contributed by atoms with Crippen molar-refractivity contribution in [1.82, 2.24) is 25.6 Å². The zero-order valence-electron chi connectivity index (χ0n) is 19.4. The number of fused-ring (bicyclic) bond motifs is 1. The fourth-order valence-electron chi connectivity index (χ4n) is 3.50. The Morgan fingerprint density at radius 2 is 2.06 bits per heavy atom. The molecule has 2 atom stereocenters. The second-order valence-electron chi connectivity index (χ2n) is 7.91. The van der Waals surface area contributed by atoms with Crippen LogP contribution in [0.3, 0.4) is 0 Å². The van der Waals surface area contributed by atoms with Crippen LogP contribution in [0.5, 0.6) is 5.75 Å².